The lowest BCUT2D eigenvalue weighted by Gasteiger charge is -2.37. The van der Waals surface area contributed by atoms with Crippen molar-refractivity contribution in [2.75, 3.05) is 0 Å². The van der Waals surface area contributed by atoms with Gasteiger partial charge in [0.2, 0.25) is 0 Å². The van der Waals surface area contributed by atoms with Crippen molar-refractivity contribution in [3.8, 4) is 0 Å². The van der Waals surface area contributed by atoms with Crippen molar-refractivity contribution in [1.29, 1.82) is 0 Å². The summed E-state index contributed by atoms with van der Waals surface area (Å²) in [6, 6.07) is 9.68. The number of benzene rings is 1. The zero-order chi connectivity index (χ0) is 19.6. The van der Waals surface area contributed by atoms with Crippen molar-refractivity contribution in [3.05, 3.63) is 59.7 Å². The van der Waals surface area contributed by atoms with Crippen LogP contribution in [0.15, 0.2) is 48.6 Å². The van der Waals surface area contributed by atoms with Crippen LogP contribution in [-0.2, 0) is 6.42 Å². The molecule has 2 aliphatic rings. The highest BCUT2D eigenvalue weighted by Gasteiger charge is 2.30. The lowest BCUT2D eigenvalue weighted by atomic mass is 9.68. The standard InChI is InChI=1S/C28H42/c1-3-5-7-9-23-11-15-25(16-12-23)27-19-21-28(22-20-27)26-17-13-24(14-18-26)10-8-6-4-2/h3,5,7,9,13-14,17-18,23,25,27-28H,4,6,8,10-12,15-16,19-22H2,1-2H3. The first-order chi connectivity index (χ1) is 13.8. The highest BCUT2D eigenvalue weighted by atomic mass is 14.4. The molecule has 0 aromatic heterocycles. The molecule has 0 nitrogen and oxygen atoms in total. The molecular formula is C28H42. The van der Waals surface area contributed by atoms with E-state index in [1.807, 2.05) is 0 Å². The number of hydrogen-bond donors (Lipinski definition) is 0. The maximum absolute atomic E-state index is 2.44. The van der Waals surface area contributed by atoms with Gasteiger partial charge >= 0.3 is 0 Å². The molecule has 1 aromatic rings. The second-order valence-electron chi connectivity index (χ2n) is 9.40. The van der Waals surface area contributed by atoms with Gasteiger partial charge in [0.15, 0.2) is 0 Å². The maximum atomic E-state index is 2.44. The van der Waals surface area contributed by atoms with Crippen LogP contribution in [0.1, 0.15) is 102 Å². The molecule has 0 radical (unpaired) electrons. The Morgan fingerprint density at radius 2 is 1.43 bits per heavy atom. The van der Waals surface area contributed by atoms with Crippen LogP contribution >= 0.6 is 0 Å². The van der Waals surface area contributed by atoms with E-state index in [2.05, 4.69) is 62.4 Å². The van der Waals surface area contributed by atoms with Gasteiger partial charge in [0.25, 0.3) is 0 Å². The normalized spacial score (nSPS) is 28.9. The van der Waals surface area contributed by atoms with Crippen LogP contribution in [0.3, 0.4) is 0 Å². The van der Waals surface area contributed by atoms with Crippen LogP contribution in [0.5, 0.6) is 0 Å². The van der Waals surface area contributed by atoms with Crippen molar-refractivity contribution >= 4 is 0 Å². The zero-order valence-electron chi connectivity index (χ0n) is 18.4. The van der Waals surface area contributed by atoms with E-state index in [0.717, 1.165) is 23.7 Å². The summed E-state index contributed by atoms with van der Waals surface area (Å²) in [6.07, 6.45) is 25.8. The van der Waals surface area contributed by atoms with Crippen molar-refractivity contribution in [1.82, 2.24) is 0 Å². The van der Waals surface area contributed by atoms with Crippen LogP contribution in [0.25, 0.3) is 0 Å². The molecule has 28 heavy (non-hydrogen) atoms. The predicted octanol–water partition coefficient (Wildman–Crippen LogP) is 8.63. The van der Waals surface area contributed by atoms with Crippen LogP contribution in [0.2, 0.25) is 0 Å². The Bertz CT molecular complexity index is 589. The summed E-state index contributed by atoms with van der Waals surface area (Å²) in [5.41, 5.74) is 3.14. The fourth-order valence-electron chi connectivity index (χ4n) is 5.60. The molecule has 0 heterocycles. The second kappa shape index (κ2) is 11.6. The van der Waals surface area contributed by atoms with Crippen LogP contribution in [-0.4, -0.2) is 0 Å². The molecule has 0 spiro atoms. The molecule has 1 aromatic carbocycles. The predicted molar refractivity (Wildman–Crippen MR) is 124 cm³/mol. The van der Waals surface area contributed by atoms with Gasteiger partial charge in [0.05, 0.1) is 0 Å². The van der Waals surface area contributed by atoms with E-state index in [9.17, 15) is 0 Å². The molecule has 0 unspecified atom stereocenters. The van der Waals surface area contributed by atoms with Crippen LogP contribution in [0.4, 0.5) is 0 Å². The Morgan fingerprint density at radius 1 is 0.786 bits per heavy atom. The SMILES string of the molecule is CC=CC=CC1CCC(C2CCC(c3ccc(CCCCC)cc3)CC2)CC1. The minimum Gasteiger partial charge on any atom is -0.0877 e. The van der Waals surface area contributed by atoms with Gasteiger partial charge in [-0.05, 0) is 106 Å². The summed E-state index contributed by atoms with van der Waals surface area (Å²) in [5.74, 6) is 3.67. The highest BCUT2D eigenvalue weighted by molar-refractivity contribution is 5.26. The lowest BCUT2D eigenvalue weighted by Crippen LogP contribution is -2.25. The van der Waals surface area contributed by atoms with Crippen molar-refractivity contribution < 1.29 is 0 Å². The van der Waals surface area contributed by atoms with E-state index in [-0.39, 0.29) is 0 Å². The van der Waals surface area contributed by atoms with E-state index in [0.29, 0.717) is 0 Å². The minimum absolute atomic E-state index is 0.820. The van der Waals surface area contributed by atoms with Gasteiger partial charge in [0, 0.05) is 0 Å². The van der Waals surface area contributed by atoms with Gasteiger partial charge in [-0.25, -0.2) is 0 Å². The second-order valence-corrected chi connectivity index (χ2v) is 9.40. The third-order valence-electron chi connectivity index (χ3n) is 7.46. The fourth-order valence-corrected chi connectivity index (χ4v) is 5.60. The molecule has 0 atom stereocenters. The molecule has 154 valence electrons. The Morgan fingerprint density at radius 3 is 2.04 bits per heavy atom. The average Bonchev–Trinajstić information content (AvgIpc) is 2.75. The van der Waals surface area contributed by atoms with Gasteiger partial charge in [-0.1, -0.05) is 68.3 Å². The first-order valence-electron chi connectivity index (χ1n) is 12.2. The van der Waals surface area contributed by atoms with Gasteiger partial charge < -0.3 is 0 Å². The largest absolute Gasteiger partial charge is 0.0877 e. The van der Waals surface area contributed by atoms with Gasteiger partial charge in [-0.3, -0.25) is 0 Å². The smallest absolute Gasteiger partial charge is 0.0162 e. The van der Waals surface area contributed by atoms with Crippen molar-refractivity contribution in [2.24, 2.45) is 17.8 Å². The number of unbranched alkanes of at least 4 members (excludes halogenated alkanes) is 2. The molecule has 0 bridgehead atoms. The van der Waals surface area contributed by atoms with E-state index in [4.69, 9.17) is 0 Å². The Balaban J connectivity index is 1.41. The Kier molecular flexibility index (Phi) is 8.90. The summed E-state index contributed by atoms with van der Waals surface area (Å²) < 4.78 is 0. The zero-order valence-corrected chi connectivity index (χ0v) is 18.4. The Hall–Kier alpha value is -1.30. The summed E-state index contributed by atoms with van der Waals surface area (Å²) in [4.78, 5) is 0. The maximum Gasteiger partial charge on any atom is -0.0162 e. The monoisotopic (exact) mass is 378 g/mol. The van der Waals surface area contributed by atoms with E-state index >= 15 is 0 Å². The molecule has 0 amide bonds. The molecule has 0 saturated heterocycles. The summed E-state index contributed by atoms with van der Waals surface area (Å²) in [6.45, 7) is 4.38. The van der Waals surface area contributed by atoms with E-state index < -0.39 is 0 Å². The van der Waals surface area contributed by atoms with Crippen molar-refractivity contribution in [3.63, 3.8) is 0 Å². The highest BCUT2D eigenvalue weighted by Crippen LogP contribution is 2.44. The summed E-state index contributed by atoms with van der Waals surface area (Å²) >= 11 is 0. The van der Waals surface area contributed by atoms with E-state index in [1.54, 1.807) is 5.56 Å². The summed E-state index contributed by atoms with van der Waals surface area (Å²) in [7, 11) is 0. The molecule has 2 aliphatic carbocycles. The van der Waals surface area contributed by atoms with Crippen LogP contribution < -0.4 is 0 Å². The lowest BCUT2D eigenvalue weighted by molar-refractivity contribution is 0.171. The molecule has 0 aliphatic heterocycles. The molecule has 0 heteroatoms. The minimum atomic E-state index is 0.820. The van der Waals surface area contributed by atoms with Gasteiger partial charge in [-0.2, -0.15) is 0 Å². The fraction of sp³-hybridized carbons (Fsp3) is 0.643. The number of allylic oxidation sites excluding steroid dienone is 4. The molecule has 3 rings (SSSR count). The van der Waals surface area contributed by atoms with Crippen LogP contribution in [0, 0.1) is 17.8 Å². The quantitative estimate of drug-likeness (QED) is 0.313. The Labute approximate surface area is 174 Å². The average molecular weight is 379 g/mol. The number of aryl methyl sites for hydroxylation is 1. The topological polar surface area (TPSA) is 0 Å². The van der Waals surface area contributed by atoms with E-state index in [1.165, 1.54) is 82.6 Å². The van der Waals surface area contributed by atoms with Crippen molar-refractivity contribution in [2.45, 2.75) is 96.8 Å². The number of rotatable bonds is 8. The van der Waals surface area contributed by atoms with Gasteiger partial charge in [0.1, 0.15) is 0 Å². The summed E-state index contributed by atoms with van der Waals surface area (Å²) in [5, 5.41) is 0. The number of hydrogen-bond acceptors (Lipinski definition) is 0. The molecule has 0 N–H and O–H groups in total. The third kappa shape index (κ3) is 6.36. The first-order valence-corrected chi connectivity index (χ1v) is 12.2. The first kappa shape index (κ1) is 21.4. The third-order valence-corrected chi connectivity index (χ3v) is 7.46. The van der Waals surface area contributed by atoms with Gasteiger partial charge in [-0.15, -0.1) is 0 Å². The molecular weight excluding hydrogens is 336 g/mol. The molecule has 2 fully saturated rings. The molecule has 2 saturated carbocycles.